The van der Waals surface area contributed by atoms with Crippen LogP contribution in [0.4, 0.5) is 0 Å². The molecule has 0 fully saturated rings. The van der Waals surface area contributed by atoms with Gasteiger partial charge in [-0.05, 0) is 30.2 Å². The molecular formula is C13H11NO2. The van der Waals surface area contributed by atoms with Crippen LogP contribution in [0.25, 0.3) is 11.1 Å². The van der Waals surface area contributed by atoms with E-state index in [4.69, 9.17) is 0 Å². The van der Waals surface area contributed by atoms with Crippen molar-refractivity contribution >= 4 is 6.29 Å². The summed E-state index contributed by atoms with van der Waals surface area (Å²) in [7, 11) is 0. The van der Waals surface area contributed by atoms with Gasteiger partial charge in [-0.2, -0.15) is 0 Å². The van der Waals surface area contributed by atoms with Crippen molar-refractivity contribution in [2.75, 3.05) is 0 Å². The lowest BCUT2D eigenvalue weighted by atomic mass is 10.0. The quantitative estimate of drug-likeness (QED) is 0.780. The van der Waals surface area contributed by atoms with Crippen LogP contribution < -0.4 is 0 Å². The molecular weight excluding hydrogens is 202 g/mol. The Hall–Kier alpha value is -2.16. The third-order valence-electron chi connectivity index (χ3n) is 2.44. The molecule has 0 spiro atoms. The van der Waals surface area contributed by atoms with E-state index in [-0.39, 0.29) is 5.75 Å². The molecule has 2 aromatic rings. The summed E-state index contributed by atoms with van der Waals surface area (Å²) < 4.78 is 0. The zero-order chi connectivity index (χ0) is 11.5. The summed E-state index contributed by atoms with van der Waals surface area (Å²) in [4.78, 5) is 14.6. The first-order chi connectivity index (χ1) is 7.70. The van der Waals surface area contributed by atoms with Crippen molar-refractivity contribution in [2.24, 2.45) is 0 Å². The average molecular weight is 213 g/mol. The minimum atomic E-state index is 0.244. The number of phenolic OH excluding ortho intramolecular Hbond substituents is 1. The maximum Gasteiger partial charge on any atom is 0.151 e. The third-order valence-corrected chi connectivity index (χ3v) is 2.44. The smallest absolute Gasteiger partial charge is 0.151 e. The van der Waals surface area contributed by atoms with Gasteiger partial charge in [0.2, 0.25) is 0 Å². The van der Waals surface area contributed by atoms with Crippen LogP contribution in [0.3, 0.4) is 0 Å². The van der Waals surface area contributed by atoms with E-state index in [2.05, 4.69) is 4.98 Å². The highest BCUT2D eigenvalue weighted by Crippen LogP contribution is 2.25. The number of aromatic nitrogens is 1. The van der Waals surface area contributed by atoms with Crippen molar-refractivity contribution < 1.29 is 9.90 Å². The first kappa shape index (κ1) is 10.4. The van der Waals surface area contributed by atoms with Gasteiger partial charge in [0.25, 0.3) is 0 Å². The van der Waals surface area contributed by atoms with Crippen LogP contribution in [0.1, 0.15) is 15.9 Å². The summed E-state index contributed by atoms with van der Waals surface area (Å²) >= 11 is 0. The molecule has 3 nitrogen and oxygen atoms in total. The summed E-state index contributed by atoms with van der Waals surface area (Å²) in [5, 5.41) is 9.60. The van der Waals surface area contributed by atoms with E-state index < -0.39 is 0 Å². The number of aromatic hydroxyl groups is 1. The Labute approximate surface area is 93.4 Å². The number of hydrogen-bond donors (Lipinski definition) is 1. The minimum Gasteiger partial charge on any atom is -0.508 e. The predicted octanol–water partition coefficient (Wildman–Crippen LogP) is 2.58. The molecule has 80 valence electrons. The number of phenols is 1. The number of pyridine rings is 1. The predicted molar refractivity (Wildman–Crippen MR) is 61.5 cm³/mol. The first-order valence-electron chi connectivity index (χ1n) is 4.91. The molecule has 16 heavy (non-hydrogen) atoms. The largest absolute Gasteiger partial charge is 0.508 e. The van der Waals surface area contributed by atoms with E-state index in [0.717, 1.165) is 23.0 Å². The first-order valence-corrected chi connectivity index (χ1v) is 4.91. The average Bonchev–Trinajstić information content (AvgIpc) is 2.33. The fourth-order valence-electron chi connectivity index (χ4n) is 1.47. The summed E-state index contributed by atoms with van der Waals surface area (Å²) in [5.41, 5.74) is 3.01. The number of carbonyl (C=O) groups is 1. The molecule has 1 N–H and O–H groups in total. The molecule has 0 bridgehead atoms. The number of aldehydes is 1. The van der Waals surface area contributed by atoms with Crippen molar-refractivity contribution in [2.45, 2.75) is 6.92 Å². The highest BCUT2D eigenvalue weighted by Gasteiger charge is 2.02. The highest BCUT2D eigenvalue weighted by atomic mass is 16.3. The number of nitrogens with zero attached hydrogens (tertiary/aromatic N) is 1. The van der Waals surface area contributed by atoms with Gasteiger partial charge in [-0.15, -0.1) is 0 Å². The number of aryl methyl sites for hydroxylation is 1. The van der Waals surface area contributed by atoms with Crippen LogP contribution in [0.5, 0.6) is 5.75 Å². The van der Waals surface area contributed by atoms with Gasteiger partial charge < -0.3 is 5.11 Å². The Morgan fingerprint density at radius 2 is 2.00 bits per heavy atom. The van der Waals surface area contributed by atoms with E-state index in [1.54, 1.807) is 18.3 Å². The topological polar surface area (TPSA) is 50.2 Å². The molecule has 0 unspecified atom stereocenters. The molecule has 2 rings (SSSR count). The highest BCUT2D eigenvalue weighted by molar-refractivity contribution is 5.78. The lowest BCUT2D eigenvalue weighted by Gasteiger charge is -2.04. The zero-order valence-electron chi connectivity index (χ0n) is 8.84. The van der Waals surface area contributed by atoms with Crippen LogP contribution in [0.15, 0.2) is 36.7 Å². The van der Waals surface area contributed by atoms with E-state index in [1.165, 1.54) is 6.20 Å². The van der Waals surface area contributed by atoms with E-state index in [1.807, 2.05) is 19.1 Å². The van der Waals surface area contributed by atoms with Crippen molar-refractivity contribution in [3.05, 3.63) is 47.8 Å². The lowest BCUT2D eigenvalue weighted by Crippen LogP contribution is -1.86. The van der Waals surface area contributed by atoms with Crippen LogP contribution in [-0.2, 0) is 0 Å². The maximum absolute atomic E-state index is 10.6. The summed E-state index contributed by atoms with van der Waals surface area (Å²) in [6.45, 7) is 1.83. The van der Waals surface area contributed by atoms with Crippen molar-refractivity contribution in [1.82, 2.24) is 4.98 Å². The standard InChI is InChI=1S/C13H11NO2/c1-9-2-3-11(5-13(9)16)12-4-10(8-15)6-14-7-12/h2-8,16H,1H3. The molecule has 1 aromatic heterocycles. The molecule has 0 saturated carbocycles. The Morgan fingerprint density at radius 3 is 2.69 bits per heavy atom. The molecule has 0 aliphatic heterocycles. The van der Waals surface area contributed by atoms with E-state index in [0.29, 0.717) is 5.56 Å². The Bertz CT molecular complexity index is 535. The van der Waals surface area contributed by atoms with Gasteiger partial charge in [0.05, 0.1) is 0 Å². The molecule has 1 aromatic carbocycles. The van der Waals surface area contributed by atoms with Crippen molar-refractivity contribution in [3.63, 3.8) is 0 Å². The summed E-state index contributed by atoms with van der Waals surface area (Å²) in [5.74, 6) is 0.244. The maximum atomic E-state index is 10.6. The number of rotatable bonds is 2. The van der Waals surface area contributed by atoms with Crippen LogP contribution in [0.2, 0.25) is 0 Å². The molecule has 0 aliphatic carbocycles. The summed E-state index contributed by atoms with van der Waals surface area (Å²) in [6, 6.07) is 7.13. The fourth-order valence-corrected chi connectivity index (χ4v) is 1.47. The molecule has 0 aliphatic rings. The van der Waals surface area contributed by atoms with E-state index in [9.17, 15) is 9.90 Å². The fraction of sp³-hybridized carbons (Fsp3) is 0.0769. The number of carbonyl (C=O) groups excluding carboxylic acids is 1. The van der Waals surface area contributed by atoms with Gasteiger partial charge in [0, 0.05) is 23.5 Å². The Balaban J connectivity index is 2.49. The molecule has 0 saturated heterocycles. The Kier molecular flexibility index (Phi) is 2.68. The van der Waals surface area contributed by atoms with Crippen LogP contribution in [-0.4, -0.2) is 16.4 Å². The summed E-state index contributed by atoms with van der Waals surface area (Å²) in [6.07, 6.45) is 3.92. The molecule has 1 heterocycles. The molecule has 3 heteroatoms. The second kappa shape index (κ2) is 4.14. The second-order valence-corrected chi connectivity index (χ2v) is 3.63. The molecule has 0 radical (unpaired) electrons. The zero-order valence-corrected chi connectivity index (χ0v) is 8.84. The normalized spacial score (nSPS) is 10.1. The van der Waals surface area contributed by atoms with Gasteiger partial charge >= 0.3 is 0 Å². The minimum absolute atomic E-state index is 0.244. The van der Waals surface area contributed by atoms with Gasteiger partial charge in [-0.1, -0.05) is 12.1 Å². The monoisotopic (exact) mass is 213 g/mol. The van der Waals surface area contributed by atoms with E-state index >= 15 is 0 Å². The third kappa shape index (κ3) is 1.93. The van der Waals surface area contributed by atoms with Gasteiger partial charge in [-0.3, -0.25) is 9.78 Å². The van der Waals surface area contributed by atoms with Crippen LogP contribution in [0, 0.1) is 6.92 Å². The molecule has 0 amide bonds. The molecule has 0 atom stereocenters. The second-order valence-electron chi connectivity index (χ2n) is 3.63. The number of benzene rings is 1. The number of hydrogen-bond acceptors (Lipinski definition) is 3. The SMILES string of the molecule is Cc1ccc(-c2cncc(C=O)c2)cc1O. The van der Waals surface area contributed by atoms with Crippen LogP contribution >= 0.6 is 0 Å². The van der Waals surface area contributed by atoms with Crippen molar-refractivity contribution in [3.8, 4) is 16.9 Å². The van der Waals surface area contributed by atoms with Gasteiger partial charge in [-0.25, -0.2) is 0 Å². The van der Waals surface area contributed by atoms with Gasteiger partial charge in [0.1, 0.15) is 5.75 Å². The lowest BCUT2D eigenvalue weighted by molar-refractivity contribution is 0.112. The Morgan fingerprint density at radius 1 is 1.19 bits per heavy atom. The van der Waals surface area contributed by atoms with Gasteiger partial charge in [0.15, 0.2) is 6.29 Å². The van der Waals surface area contributed by atoms with Crippen molar-refractivity contribution in [1.29, 1.82) is 0 Å².